The summed E-state index contributed by atoms with van der Waals surface area (Å²) >= 11 is 0. The van der Waals surface area contributed by atoms with E-state index in [4.69, 9.17) is 34.9 Å². The molecular formula is C37H61N9O17. The minimum absolute atomic E-state index is 0.0712. The molecule has 0 radical (unpaired) electrons. The van der Waals surface area contributed by atoms with Crippen LogP contribution in [0.1, 0.15) is 64.2 Å². The SMILES string of the molecule is NCCOCCOCCNc1cc(NCCOCCOCCNC(=O)CCCCCCCNC(=O)CCC(NC(=O)NC(CCC(=O)O)C(=O)O)C(=O)O)c([N+](=O)[O-])cc1[N+](=O)[O-]. The molecule has 0 aliphatic carbocycles. The Morgan fingerprint density at radius 3 is 1.51 bits per heavy atom. The third-order valence-electron chi connectivity index (χ3n) is 8.62. The zero-order valence-electron chi connectivity index (χ0n) is 35.1. The number of nitrogens with zero attached hydrogens (tertiary/aromatic N) is 2. The van der Waals surface area contributed by atoms with E-state index < -0.39 is 76.0 Å². The predicted octanol–water partition coefficient (Wildman–Crippen LogP) is 0.776. The van der Waals surface area contributed by atoms with E-state index in [9.17, 15) is 54.1 Å². The van der Waals surface area contributed by atoms with E-state index in [-0.39, 0.29) is 76.2 Å². The maximum atomic E-state index is 12.2. The molecule has 0 saturated carbocycles. The highest BCUT2D eigenvalue weighted by Crippen LogP contribution is 2.36. The molecule has 26 nitrogen and oxygen atoms in total. The highest BCUT2D eigenvalue weighted by Gasteiger charge is 2.26. The molecule has 0 fully saturated rings. The van der Waals surface area contributed by atoms with Gasteiger partial charge in [0.2, 0.25) is 11.8 Å². The number of hydrogen-bond donors (Lipinski definition) is 10. The van der Waals surface area contributed by atoms with E-state index in [0.29, 0.717) is 58.7 Å². The lowest BCUT2D eigenvalue weighted by atomic mass is 10.1. The smallest absolute Gasteiger partial charge is 0.326 e. The molecule has 4 amide bonds. The molecule has 0 bridgehead atoms. The molecule has 0 heterocycles. The standard InChI is InChI=1S/C37H61N9O17/c38-11-16-60-20-21-61-17-13-39-28-24-29(31(46(58)59)25-30(28)45(56)57)40-14-18-62-22-23-63-19-15-42-32(47)6-4-2-1-3-5-12-41-33(48)9-7-26(35(51)52)43-37(55)44-27(36(53)54)8-10-34(49)50/h24-27,39-40H,1-23,38H2,(H,41,48)(H,42,47)(H,49,50)(H,51,52)(H,53,54)(H2,43,44,55). The number of benzene rings is 1. The number of carboxylic acid groups (broad SMARTS) is 3. The Balaban J connectivity index is 2.17. The second-order valence-electron chi connectivity index (χ2n) is 13.6. The topological polar surface area (TPSA) is 385 Å². The number of nitrogens with one attached hydrogen (secondary N) is 6. The number of carbonyl (C=O) groups excluding carboxylic acids is 3. The van der Waals surface area contributed by atoms with Crippen LogP contribution in [0.2, 0.25) is 0 Å². The molecule has 356 valence electrons. The van der Waals surface area contributed by atoms with Gasteiger partial charge in [0.1, 0.15) is 23.5 Å². The first-order valence-corrected chi connectivity index (χ1v) is 20.4. The Labute approximate surface area is 362 Å². The fraction of sp³-hybridized carbons (Fsp3) is 0.676. The van der Waals surface area contributed by atoms with Gasteiger partial charge >= 0.3 is 23.9 Å². The van der Waals surface area contributed by atoms with Crippen LogP contribution in [-0.2, 0) is 42.9 Å². The normalized spacial score (nSPS) is 11.8. The third kappa shape index (κ3) is 26.9. The summed E-state index contributed by atoms with van der Waals surface area (Å²) in [6.07, 6.45) is 2.61. The molecular weight excluding hydrogens is 842 g/mol. The highest BCUT2D eigenvalue weighted by atomic mass is 16.6. The number of anilines is 2. The van der Waals surface area contributed by atoms with Crippen molar-refractivity contribution in [1.82, 2.24) is 21.3 Å². The lowest BCUT2D eigenvalue weighted by Crippen LogP contribution is -2.51. The molecule has 26 heteroatoms. The third-order valence-corrected chi connectivity index (χ3v) is 8.62. The summed E-state index contributed by atoms with van der Waals surface area (Å²) in [5.41, 5.74) is 4.58. The van der Waals surface area contributed by atoms with Crippen molar-refractivity contribution in [3.63, 3.8) is 0 Å². The van der Waals surface area contributed by atoms with Crippen molar-refractivity contribution < 1.29 is 72.9 Å². The minimum Gasteiger partial charge on any atom is -0.481 e. The van der Waals surface area contributed by atoms with Crippen molar-refractivity contribution in [2.45, 2.75) is 76.3 Å². The van der Waals surface area contributed by atoms with Gasteiger partial charge in [-0.15, -0.1) is 0 Å². The second-order valence-corrected chi connectivity index (χ2v) is 13.6. The molecule has 1 aromatic rings. The molecule has 0 saturated heterocycles. The number of amides is 4. The summed E-state index contributed by atoms with van der Waals surface area (Å²) in [6, 6.07) is -1.97. The fourth-order valence-electron chi connectivity index (χ4n) is 5.43. The summed E-state index contributed by atoms with van der Waals surface area (Å²) in [5.74, 6) is -4.75. The summed E-state index contributed by atoms with van der Waals surface area (Å²) in [4.78, 5) is 91.6. The van der Waals surface area contributed by atoms with E-state index in [2.05, 4.69) is 26.6 Å². The average molecular weight is 904 g/mol. The van der Waals surface area contributed by atoms with Crippen LogP contribution in [0.3, 0.4) is 0 Å². The van der Waals surface area contributed by atoms with Crippen molar-refractivity contribution in [2.75, 3.05) is 96.2 Å². The largest absolute Gasteiger partial charge is 0.481 e. The number of rotatable bonds is 39. The molecule has 2 unspecified atom stereocenters. The van der Waals surface area contributed by atoms with Gasteiger partial charge in [-0.1, -0.05) is 19.3 Å². The number of nitrogens with two attached hydrogens (primary N) is 1. The van der Waals surface area contributed by atoms with Gasteiger partial charge in [-0.05, 0) is 31.7 Å². The molecule has 63 heavy (non-hydrogen) atoms. The summed E-state index contributed by atoms with van der Waals surface area (Å²) in [5, 5.41) is 65.7. The number of aliphatic carboxylic acids is 3. The number of hydrogen-bond acceptors (Lipinski definition) is 17. The number of carbonyl (C=O) groups is 6. The summed E-state index contributed by atoms with van der Waals surface area (Å²) < 4.78 is 21.6. The van der Waals surface area contributed by atoms with Crippen molar-refractivity contribution in [2.24, 2.45) is 5.73 Å². The molecule has 1 aromatic carbocycles. The zero-order chi connectivity index (χ0) is 46.8. The highest BCUT2D eigenvalue weighted by molar-refractivity contribution is 5.87. The zero-order valence-corrected chi connectivity index (χ0v) is 35.1. The van der Waals surface area contributed by atoms with Crippen molar-refractivity contribution in [3.05, 3.63) is 32.4 Å². The van der Waals surface area contributed by atoms with E-state index in [1.165, 1.54) is 6.07 Å². The maximum absolute atomic E-state index is 12.2. The number of carboxylic acids is 3. The lowest BCUT2D eigenvalue weighted by molar-refractivity contribution is -0.393. The number of unbranched alkanes of at least 4 members (excludes halogenated alkanes) is 4. The van der Waals surface area contributed by atoms with Crippen LogP contribution in [0.25, 0.3) is 0 Å². The van der Waals surface area contributed by atoms with Crippen LogP contribution < -0.4 is 37.6 Å². The Hall–Kier alpha value is -5.96. The summed E-state index contributed by atoms with van der Waals surface area (Å²) in [7, 11) is 0. The predicted molar refractivity (Wildman–Crippen MR) is 223 cm³/mol. The molecule has 0 aliphatic heterocycles. The van der Waals surface area contributed by atoms with Crippen molar-refractivity contribution in [3.8, 4) is 0 Å². The van der Waals surface area contributed by atoms with Crippen LogP contribution in [-0.4, -0.2) is 159 Å². The van der Waals surface area contributed by atoms with Gasteiger partial charge < -0.3 is 71.9 Å². The Morgan fingerprint density at radius 1 is 0.571 bits per heavy atom. The van der Waals surface area contributed by atoms with Gasteiger partial charge in [-0.25, -0.2) is 14.4 Å². The number of urea groups is 1. The first kappa shape index (κ1) is 55.1. The lowest BCUT2D eigenvalue weighted by Gasteiger charge is -2.18. The first-order valence-electron chi connectivity index (χ1n) is 20.4. The molecule has 1 rings (SSSR count). The van der Waals surface area contributed by atoms with Gasteiger partial charge in [-0.2, -0.15) is 0 Å². The molecule has 11 N–H and O–H groups in total. The van der Waals surface area contributed by atoms with Crippen molar-refractivity contribution in [1.29, 1.82) is 0 Å². The molecule has 0 aromatic heterocycles. The van der Waals surface area contributed by atoms with E-state index in [0.717, 1.165) is 25.3 Å². The molecule has 0 spiro atoms. The van der Waals surface area contributed by atoms with Crippen LogP contribution >= 0.6 is 0 Å². The van der Waals surface area contributed by atoms with E-state index in [1.807, 2.05) is 5.32 Å². The van der Waals surface area contributed by atoms with Crippen LogP contribution in [0.4, 0.5) is 27.5 Å². The Kier molecular flexibility index (Phi) is 29.4. The van der Waals surface area contributed by atoms with Gasteiger partial charge in [-0.3, -0.25) is 34.6 Å². The van der Waals surface area contributed by atoms with Gasteiger partial charge in [0, 0.05) is 52.0 Å². The van der Waals surface area contributed by atoms with E-state index in [1.54, 1.807) is 0 Å². The second kappa shape index (κ2) is 33.6. The number of nitro groups is 2. The van der Waals surface area contributed by atoms with Crippen LogP contribution in [0.5, 0.6) is 0 Å². The number of ether oxygens (including phenoxy) is 4. The first-order chi connectivity index (χ1) is 30.2. The summed E-state index contributed by atoms with van der Waals surface area (Å²) in [6.45, 7) is 3.53. The van der Waals surface area contributed by atoms with Crippen LogP contribution in [0, 0.1) is 20.2 Å². The molecule has 0 aliphatic rings. The Morgan fingerprint density at radius 2 is 1.02 bits per heavy atom. The Bertz CT molecular complexity index is 1600. The van der Waals surface area contributed by atoms with E-state index >= 15 is 0 Å². The van der Waals surface area contributed by atoms with Crippen LogP contribution in [0.15, 0.2) is 12.1 Å². The van der Waals surface area contributed by atoms with Gasteiger partial charge in [0.05, 0.1) is 68.8 Å². The average Bonchev–Trinajstić information content (AvgIpc) is 3.22. The van der Waals surface area contributed by atoms with Gasteiger partial charge in [0.25, 0.3) is 11.4 Å². The van der Waals surface area contributed by atoms with Crippen molar-refractivity contribution >= 4 is 58.5 Å². The van der Waals surface area contributed by atoms with Gasteiger partial charge in [0.15, 0.2) is 0 Å². The monoisotopic (exact) mass is 903 g/mol. The minimum atomic E-state index is -1.54. The maximum Gasteiger partial charge on any atom is 0.326 e. The molecule has 2 atom stereocenters. The fourth-order valence-corrected chi connectivity index (χ4v) is 5.43. The quantitative estimate of drug-likeness (QED) is 0.0248. The number of nitro benzene ring substituents is 2.